The van der Waals surface area contributed by atoms with Gasteiger partial charge in [0, 0.05) is 31.6 Å². The monoisotopic (exact) mass is 532 g/mol. The van der Waals surface area contributed by atoms with Crippen molar-refractivity contribution in [1.29, 1.82) is 0 Å². The van der Waals surface area contributed by atoms with Gasteiger partial charge in [-0.05, 0) is 85.9 Å². The SMILES string of the molecule is CC[C@H]1C(OC(C)=O)C2C3CC[C@H]([C@H](C)CCC(=O)OC)[C@@]3(C)[C@@H]3O[C@@H]3C2[C@@]2(C)CC[C@@H](OC(C)=O)C[C@@H]12. The second-order valence-electron chi connectivity index (χ2n) is 13.6. The van der Waals surface area contributed by atoms with E-state index in [1.165, 1.54) is 14.0 Å². The lowest BCUT2D eigenvalue weighted by molar-refractivity contribution is -0.213. The lowest BCUT2D eigenvalue weighted by atomic mass is 9.41. The molecule has 7 heteroatoms. The first-order valence-electron chi connectivity index (χ1n) is 15.0. The third kappa shape index (κ3) is 4.30. The van der Waals surface area contributed by atoms with Crippen LogP contribution in [0.15, 0.2) is 0 Å². The fourth-order valence-electron chi connectivity index (χ4n) is 10.6. The summed E-state index contributed by atoms with van der Waals surface area (Å²) in [6.45, 7) is 12.4. The lowest BCUT2D eigenvalue weighted by Crippen LogP contribution is -2.65. The molecule has 0 aromatic heterocycles. The van der Waals surface area contributed by atoms with Crippen molar-refractivity contribution in [3.8, 4) is 0 Å². The van der Waals surface area contributed by atoms with Crippen LogP contribution in [0.2, 0.25) is 0 Å². The van der Waals surface area contributed by atoms with E-state index in [0.29, 0.717) is 36.0 Å². The van der Waals surface area contributed by atoms with E-state index in [2.05, 4.69) is 27.7 Å². The average Bonchev–Trinajstić information content (AvgIpc) is 3.58. The van der Waals surface area contributed by atoms with Crippen molar-refractivity contribution in [3.05, 3.63) is 0 Å². The number of carbonyl (C=O) groups is 3. The molecule has 38 heavy (non-hydrogen) atoms. The van der Waals surface area contributed by atoms with Gasteiger partial charge in [0.1, 0.15) is 12.2 Å². The Bertz CT molecular complexity index is 949. The zero-order chi connectivity index (χ0) is 27.6. The van der Waals surface area contributed by atoms with Crippen LogP contribution < -0.4 is 0 Å². The van der Waals surface area contributed by atoms with Crippen molar-refractivity contribution in [2.45, 2.75) is 117 Å². The average molecular weight is 533 g/mol. The Balaban J connectivity index is 1.49. The molecule has 0 radical (unpaired) electrons. The van der Waals surface area contributed by atoms with Gasteiger partial charge in [-0.3, -0.25) is 14.4 Å². The molecule has 5 aliphatic rings. The number of rotatable bonds is 7. The second-order valence-corrected chi connectivity index (χ2v) is 13.6. The van der Waals surface area contributed by atoms with Gasteiger partial charge in [0.2, 0.25) is 0 Å². The Morgan fingerprint density at radius 1 is 1.03 bits per heavy atom. The van der Waals surface area contributed by atoms with Gasteiger partial charge in [0.15, 0.2) is 0 Å². The highest BCUT2D eigenvalue weighted by molar-refractivity contribution is 5.69. The van der Waals surface area contributed by atoms with E-state index in [0.717, 1.165) is 44.9 Å². The Kier molecular flexibility index (Phi) is 7.41. The van der Waals surface area contributed by atoms with Crippen LogP contribution in [-0.2, 0) is 33.3 Å². The molecular weight excluding hydrogens is 484 g/mol. The number of hydrogen-bond acceptors (Lipinski definition) is 7. The van der Waals surface area contributed by atoms with Crippen molar-refractivity contribution in [1.82, 2.24) is 0 Å². The number of ether oxygens (including phenoxy) is 4. The number of esters is 3. The summed E-state index contributed by atoms with van der Waals surface area (Å²) in [4.78, 5) is 36.3. The minimum atomic E-state index is -0.214. The highest BCUT2D eigenvalue weighted by Gasteiger charge is 2.76. The molecule has 0 aromatic rings. The highest BCUT2D eigenvalue weighted by atomic mass is 16.6. The molecule has 0 bridgehead atoms. The summed E-state index contributed by atoms with van der Waals surface area (Å²) in [5, 5.41) is 0. The summed E-state index contributed by atoms with van der Waals surface area (Å²) < 4.78 is 23.7. The van der Waals surface area contributed by atoms with Gasteiger partial charge in [-0.25, -0.2) is 0 Å². The molecule has 5 rings (SSSR count). The predicted octanol–water partition coefficient (Wildman–Crippen LogP) is 5.33. The summed E-state index contributed by atoms with van der Waals surface area (Å²) in [6, 6.07) is 0. The van der Waals surface area contributed by atoms with Gasteiger partial charge in [-0.15, -0.1) is 0 Å². The molecule has 1 saturated heterocycles. The van der Waals surface area contributed by atoms with Crippen molar-refractivity contribution >= 4 is 17.9 Å². The van der Waals surface area contributed by atoms with Crippen LogP contribution in [0, 0.1) is 52.3 Å². The zero-order valence-electron chi connectivity index (χ0n) is 24.4. The summed E-state index contributed by atoms with van der Waals surface area (Å²) in [5.41, 5.74) is 0.0736. The molecule has 5 fully saturated rings. The quantitative estimate of drug-likeness (QED) is 0.249. The van der Waals surface area contributed by atoms with E-state index in [4.69, 9.17) is 18.9 Å². The molecule has 0 N–H and O–H groups in total. The topological polar surface area (TPSA) is 91.4 Å². The molecule has 13 atom stereocenters. The van der Waals surface area contributed by atoms with Gasteiger partial charge in [-0.2, -0.15) is 0 Å². The van der Waals surface area contributed by atoms with Crippen molar-refractivity contribution in [2.24, 2.45) is 52.3 Å². The van der Waals surface area contributed by atoms with Gasteiger partial charge in [0.25, 0.3) is 0 Å². The summed E-state index contributed by atoms with van der Waals surface area (Å²) in [5.74, 6) is 1.88. The van der Waals surface area contributed by atoms with E-state index in [1.807, 2.05) is 0 Å². The van der Waals surface area contributed by atoms with Crippen LogP contribution in [0.3, 0.4) is 0 Å². The second kappa shape index (κ2) is 10.1. The standard InChI is InChI=1S/C31H48O7/c1-8-20-23-15-19(36-17(3)32)13-14-30(23,5)26-25(27(20)37-18(4)33)22-11-10-21(16(2)9-12-24(34)35-7)31(22,6)29-28(26)38-29/h16,19-23,25-29H,8-15H2,1-7H3/t16-,19-,20-,21-,22?,23+,25?,26?,27?,28-,29-,30+,31-/m1/s1. The number of carbonyl (C=O) groups excluding carboxylic acids is 3. The lowest BCUT2D eigenvalue weighted by Gasteiger charge is -2.63. The summed E-state index contributed by atoms with van der Waals surface area (Å²) in [6.07, 6.45) is 7.38. The number of fused-ring (bicyclic) bond motifs is 8. The molecule has 1 heterocycles. The van der Waals surface area contributed by atoms with Crippen LogP contribution in [0.4, 0.5) is 0 Å². The Morgan fingerprint density at radius 2 is 1.74 bits per heavy atom. The fourth-order valence-corrected chi connectivity index (χ4v) is 10.6. The Labute approximate surface area is 228 Å². The van der Waals surface area contributed by atoms with Crippen molar-refractivity contribution in [2.75, 3.05) is 7.11 Å². The first kappa shape index (κ1) is 27.9. The molecule has 0 aromatic carbocycles. The van der Waals surface area contributed by atoms with Crippen LogP contribution >= 0.6 is 0 Å². The maximum absolute atomic E-state index is 12.5. The van der Waals surface area contributed by atoms with Crippen LogP contribution in [0.5, 0.6) is 0 Å². The zero-order valence-corrected chi connectivity index (χ0v) is 24.4. The molecule has 4 saturated carbocycles. The third-order valence-electron chi connectivity index (χ3n) is 12.0. The smallest absolute Gasteiger partial charge is 0.305 e. The summed E-state index contributed by atoms with van der Waals surface area (Å²) >= 11 is 0. The van der Waals surface area contributed by atoms with Crippen molar-refractivity contribution < 1.29 is 33.3 Å². The number of methoxy groups -OCH3 is 1. The van der Waals surface area contributed by atoms with Gasteiger partial charge < -0.3 is 18.9 Å². The minimum Gasteiger partial charge on any atom is -0.469 e. The van der Waals surface area contributed by atoms with Crippen LogP contribution in [0.25, 0.3) is 0 Å². The first-order valence-corrected chi connectivity index (χ1v) is 15.0. The molecule has 1 aliphatic heterocycles. The van der Waals surface area contributed by atoms with E-state index >= 15 is 0 Å². The van der Waals surface area contributed by atoms with Gasteiger partial charge >= 0.3 is 17.9 Å². The molecule has 0 amide bonds. The number of hydrogen-bond donors (Lipinski definition) is 0. The molecular formula is C31H48O7. The minimum absolute atomic E-state index is 0.0101. The maximum Gasteiger partial charge on any atom is 0.305 e. The third-order valence-corrected chi connectivity index (χ3v) is 12.0. The van der Waals surface area contributed by atoms with Crippen LogP contribution in [0.1, 0.15) is 92.9 Å². The molecule has 7 nitrogen and oxygen atoms in total. The van der Waals surface area contributed by atoms with E-state index < -0.39 is 0 Å². The first-order chi connectivity index (χ1) is 18.0. The highest BCUT2D eigenvalue weighted by Crippen LogP contribution is 2.74. The Morgan fingerprint density at radius 3 is 2.37 bits per heavy atom. The maximum atomic E-state index is 12.5. The number of epoxide rings is 1. The Hall–Kier alpha value is -1.63. The molecule has 4 aliphatic carbocycles. The molecule has 4 unspecified atom stereocenters. The van der Waals surface area contributed by atoms with Crippen molar-refractivity contribution in [3.63, 3.8) is 0 Å². The fraction of sp³-hybridized carbons (Fsp3) is 0.903. The van der Waals surface area contributed by atoms with Crippen LogP contribution in [-0.4, -0.2) is 49.4 Å². The normalized spacial score (nSPS) is 47.4. The van der Waals surface area contributed by atoms with E-state index in [9.17, 15) is 14.4 Å². The summed E-state index contributed by atoms with van der Waals surface area (Å²) in [7, 11) is 1.46. The molecule has 214 valence electrons. The van der Waals surface area contributed by atoms with Gasteiger partial charge in [-0.1, -0.05) is 27.7 Å². The molecule has 0 spiro atoms. The predicted molar refractivity (Wildman–Crippen MR) is 141 cm³/mol. The van der Waals surface area contributed by atoms with Gasteiger partial charge in [0.05, 0.1) is 19.3 Å². The van der Waals surface area contributed by atoms with E-state index in [1.54, 1.807) is 6.92 Å². The largest absolute Gasteiger partial charge is 0.469 e. The van der Waals surface area contributed by atoms with E-state index in [-0.39, 0.29) is 65.0 Å².